The molecule has 2 heterocycles. The number of nitrogens with zero attached hydrogens (tertiary/aromatic N) is 2. The van der Waals surface area contributed by atoms with Gasteiger partial charge in [-0.1, -0.05) is 41.7 Å². The molecule has 0 bridgehead atoms. The molecule has 0 saturated heterocycles. The van der Waals surface area contributed by atoms with Gasteiger partial charge in [0.1, 0.15) is 21.9 Å². The van der Waals surface area contributed by atoms with Crippen LogP contribution in [0.5, 0.6) is 5.75 Å². The van der Waals surface area contributed by atoms with Gasteiger partial charge in [-0.25, -0.2) is 4.79 Å². The number of anilines is 1. The number of ether oxygens (including phenoxy) is 1. The molecule has 0 aliphatic heterocycles. The highest BCUT2D eigenvalue weighted by Crippen LogP contribution is 2.19. The van der Waals surface area contributed by atoms with Crippen molar-refractivity contribution in [2.45, 2.75) is 13.3 Å². The van der Waals surface area contributed by atoms with Crippen molar-refractivity contribution in [1.29, 1.82) is 0 Å². The summed E-state index contributed by atoms with van der Waals surface area (Å²) in [6.45, 7) is 2.45. The van der Waals surface area contributed by atoms with E-state index in [1.165, 1.54) is 17.4 Å². The molecule has 1 amide bonds. The summed E-state index contributed by atoms with van der Waals surface area (Å²) in [5, 5.41) is 12.3. The number of hydrogen-bond acceptors (Lipinski definition) is 7. The van der Waals surface area contributed by atoms with Gasteiger partial charge in [-0.15, -0.1) is 10.2 Å². The zero-order valence-corrected chi connectivity index (χ0v) is 16.4. The van der Waals surface area contributed by atoms with E-state index in [1.54, 1.807) is 24.3 Å². The van der Waals surface area contributed by atoms with Crippen LogP contribution >= 0.6 is 11.3 Å². The molecular formula is C21H17N3O4S. The number of carbonyl (C=O) groups excluding carboxylic acids is 1. The van der Waals surface area contributed by atoms with Gasteiger partial charge in [0.2, 0.25) is 5.13 Å². The summed E-state index contributed by atoms with van der Waals surface area (Å²) in [5.74, 6) is 0.217. The number of carbonyl (C=O) groups is 1. The molecule has 0 aliphatic carbocycles. The molecule has 4 aromatic rings. The predicted octanol–water partition coefficient (Wildman–Crippen LogP) is 3.83. The summed E-state index contributed by atoms with van der Waals surface area (Å²) in [7, 11) is 0. The average Bonchev–Trinajstić information content (AvgIpc) is 3.14. The van der Waals surface area contributed by atoms with Crippen molar-refractivity contribution in [3.05, 3.63) is 81.2 Å². The Balaban J connectivity index is 1.39. The van der Waals surface area contributed by atoms with E-state index < -0.39 is 11.5 Å². The Labute approximate surface area is 170 Å². The summed E-state index contributed by atoms with van der Waals surface area (Å²) >= 11 is 1.24. The Morgan fingerprint density at radius 3 is 2.86 bits per heavy atom. The van der Waals surface area contributed by atoms with Gasteiger partial charge in [0.25, 0.3) is 5.91 Å². The fourth-order valence-electron chi connectivity index (χ4n) is 2.75. The van der Waals surface area contributed by atoms with E-state index in [2.05, 4.69) is 15.5 Å². The number of nitrogens with one attached hydrogen (secondary N) is 1. The summed E-state index contributed by atoms with van der Waals surface area (Å²) in [6, 6.07) is 16.3. The number of aromatic nitrogens is 2. The lowest BCUT2D eigenvalue weighted by molar-refractivity contribution is 0.102. The van der Waals surface area contributed by atoms with Crippen molar-refractivity contribution in [2.24, 2.45) is 0 Å². The van der Waals surface area contributed by atoms with E-state index in [1.807, 2.05) is 31.2 Å². The first-order valence-corrected chi connectivity index (χ1v) is 9.76. The van der Waals surface area contributed by atoms with Crippen LogP contribution in [0, 0.1) is 6.92 Å². The standard InChI is InChI=1S/C21H17N3O4S/c1-13-5-4-7-15(11-13)27-10-9-18-23-24-21(29-18)22-19(25)16-12-14-6-2-3-8-17(14)28-20(16)26/h2-8,11-12H,9-10H2,1H3,(H,22,24,25). The second-order valence-electron chi connectivity index (χ2n) is 6.36. The van der Waals surface area contributed by atoms with Gasteiger partial charge in [-0.2, -0.15) is 0 Å². The van der Waals surface area contributed by atoms with E-state index in [4.69, 9.17) is 9.15 Å². The summed E-state index contributed by atoms with van der Waals surface area (Å²) in [5.41, 5.74) is 0.781. The monoisotopic (exact) mass is 407 g/mol. The highest BCUT2D eigenvalue weighted by molar-refractivity contribution is 7.15. The lowest BCUT2D eigenvalue weighted by atomic mass is 10.2. The molecule has 0 aliphatic rings. The highest BCUT2D eigenvalue weighted by atomic mass is 32.1. The Hall–Kier alpha value is -3.52. The van der Waals surface area contributed by atoms with Crippen molar-refractivity contribution < 1.29 is 13.9 Å². The van der Waals surface area contributed by atoms with Gasteiger partial charge in [-0.05, 0) is 36.8 Å². The molecule has 7 nitrogen and oxygen atoms in total. The normalized spacial score (nSPS) is 10.8. The van der Waals surface area contributed by atoms with Crippen LogP contribution in [-0.4, -0.2) is 22.7 Å². The number of amides is 1. The van der Waals surface area contributed by atoms with Crippen LogP contribution < -0.4 is 15.7 Å². The zero-order valence-electron chi connectivity index (χ0n) is 15.5. The lowest BCUT2D eigenvalue weighted by Gasteiger charge is -2.04. The van der Waals surface area contributed by atoms with Gasteiger partial charge in [-0.3, -0.25) is 10.1 Å². The molecule has 29 heavy (non-hydrogen) atoms. The first kappa shape index (κ1) is 18.8. The first-order valence-electron chi connectivity index (χ1n) is 8.94. The van der Waals surface area contributed by atoms with Crippen LogP contribution in [-0.2, 0) is 6.42 Å². The van der Waals surface area contributed by atoms with E-state index >= 15 is 0 Å². The molecule has 146 valence electrons. The van der Waals surface area contributed by atoms with Crippen LogP contribution in [0.1, 0.15) is 20.9 Å². The van der Waals surface area contributed by atoms with Crippen LogP contribution in [0.15, 0.2) is 63.8 Å². The molecule has 1 N–H and O–H groups in total. The zero-order chi connectivity index (χ0) is 20.2. The molecule has 0 saturated carbocycles. The number of hydrogen-bond donors (Lipinski definition) is 1. The van der Waals surface area contributed by atoms with Crippen molar-refractivity contribution in [2.75, 3.05) is 11.9 Å². The minimum Gasteiger partial charge on any atom is -0.493 e. The molecule has 8 heteroatoms. The Kier molecular flexibility index (Phi) is 5.35. The molecule has 0 unspecified atom stereocenters. The van der Waals surface area contributed by atoms with Crippen LogP contribution in [0.3, 0.4) is 0 Å². The van der Waals surface area contributed by atoms with E-state index in [0.29, 0.717) is 29.1 Å². The van der Waals surface area contributed by atoms with Gasteiger partial charge >= 0.3 is 5.63 Å². The molecular weight excluding hydrogens is 390 g/mol. The van der Waals surface area contributed by atoms with Gasteiger partial charge in [0.15, 0.2) is 0 Å². The smallest absolute Gasteiger partial charge is 0.349 e. The SMILES string of the molecule is Cc1cccc(OCCc2nnc(NC(=O)c3cc4ccccc4oc3=O)s2)c1. The second kappa shape index (κ2) is 8.24. The minimum atomic E-state index is -0.697. The molecule has 2 aromatic carbocycles. The van der Waals surface area contributed by atoms with Crippen molar-refractivity contribution >= 4 is 33.3 Å². The summed E-state index contributed by atoms with van der Waals surface area (Å²) < 4.78 is 10.9. The number of fused-ring (bicyclic) bond motifs is 1. The maximum Gasteiger partial charge on any atom is 0.349 e. The Morgan fingerprint density at radius 2 is 2.00 bits per heavy atom. The molecule has 0 fully saturated rings. The first-order chi connectivity index (χ1) is 14.1. The predicted molar refractivity (Wildman–Crippen MR) is 111 cm³/mol. The topological polar surface area (TPSA) is 94.3 Å². The van der Waals surface area contributed by atoms with E-state index in [0.717, 1.165) is 16.3 Å². The van der Waals surface area contributed by atoms with Gasteiger partial charge in [0.05, 0.1) is 6.61 Å². The fraction of sp³-hybridized carbons (Fsp3) is 0.143. The van der Waals surface area contributed by atoms with Crippen molar-refractivity contribution in [3.63, 3.8) is 0 Å². The maximum absolute atomic E-state index is 12.5. The number of benzene rings is 2. The van der Waals surface area contributed by atoms with E-state index in [9.17, 15) is 9.59 Å². The van der Waals surface area contributed by atoms with Crippen molar-refractivity contribution in [1.82, 2.24) is 10.2 Å². The third kappa shape index (κ3) is 4.49. The Morgan fingerprint density at radius 1 is 1.14 bits per heavy atom. The Bertz CT molecular complexity index is 1230. The van der Waals surface area contributed by atoms with Crippen LogP contribution in [0.2, 0.25) is 0 Å². The quantitative estimate of drug-likeness (QED) is 0.488. The van der Waals surface area contributed by atoms with E-state index in [-0.39, 0.29) is 5.56 Å². The summed E-state index contributed by atoms with van der Waals surface area (Å²) in [6.07, 6.45) is 0.555. The maximum atomic E-state index is 12.5. The largest absolute Gasteiger partial charge is 0.493 e. The number of para-hydroxylation sites is 1. The fourth-order valence-corrected chi connectivity index (χ4v) is 3.47. The summed E-state index contributed by atoms with van der Waals surface area (Å²) in [4.78, 5) is 24.6. The highest BCUT2D eigenvalue weighted by Gasteiger charge is 2.16. The molecule has 4 rings (SSSR count). The third-order valence-electron chi connectivity index (χ3n) is 4.15. The molecule has 2 aromatic heterocycles. The lowest BCUT2D eigenvalue weighted by Crippen LogP contribution is -2.20. The number of aryl methyl sites for hydroxylation is 1. The second-order valence-corrected chi connectivity index (χ2v) is 7.42. The van der Waals surface area contributed by atoms with Gasteiger partial charge in [0, 0.05) is 11.8 Å². The average molecular weight is 407 g/mol. The van der Waals surface area contributed by atoms with Crippen LogP contribution in [0.4, 0.5) is 5.13 Å². The third-order valence-corrected chi connectivity index (χ3v) is 5.05. The molecule has 0 spiro atoms. The van der Waals surface area contributed by atoms with Crippen LogP contribution in [0.25, 0.3) is 11.0 Å². The number of rotatable bonds is 6. The van der Waals surface area contributed by atoms with Gasteiger partial charge < -0.3 is 9.15 Å². The molecule has 0 radical (unpaired) electrons. The van der Waals surface area contributed by atoms with Crippen molar-refractivity contribution in [3.8, 4) is 5.75 Å². The minimum absolute atomic E-state index is 0.0803. The molecule has 0 atom stereocenters.